The summed E-state index contributed by atoms with van der Waals surface area (Å²) in [4.78, 5) is 22.6. The molecule has 0 saturated carbocycles. The summed E-state index contributed by atoms with van der Waals surface area (Å²) < 4.78 is 29.8. The molecule has 1 N–H and O–H groups in total. The molecule has 0 bridgehead atoms. The second-order valence-corrected chi connectivity index (χ2v) is 6.23. The number of nitrogens with zero attached hydrogens (tertiary/aromatic N) is 1. The second kappa shape index (κ2) is 8.12. The van der Waals surface area contributed by atoms with Crippen LogP contribution in [-0.4, -0.2) is 30.1 Å². The molecule has 1 aliphatic heterocycles. The summed E-state index contributed by atoms with van der Waals surface area (Å²) in [7, 11) is 0. The Labute approximate surface area is 160 Å². The molecule has 0 aliphatic carbocycles. The second-order valence-electron chi connectivity index (χ2n) is 6.23. The van der Waals surface area contributed by atoms with Crippen LogP contribution in [-0.2, 0) is 11.2 Å². The van der Waals surface area contributed by atoms with Gasteiger partial charge >= 0.3 is 5.69 Å². The van der Waals surface area contributed by atoms with Gasteiger partial charge in [-0.05, 0) is 26.0 Å². The number of halogens is 1. The number of benzene rings is 2. The van der Waals surface area contributed by atoms with Crippen LogP contribution in [0.5, 0.6) is 17.2 Å². The van der Waals surface area contributed by atoms with E-state index in [0.717, 1.165) is 30.2 Å². The Morgan fingerprint density at radius 3 is 2.82 bits per heavy atom. The van der Waals surface area contributed by atoms with E-state index in [0.29, 0.717) is 23.8 Å². The minimum atomic E-state index is -0.709. The first-order chi connectivity index (χ1) is 13.4. The van der Waals surface area contributed by atoms with Crippen LogP contribution in [0.1, 0.15) is 19.4 Å². The van der Waals surface area contributed by atoms with E-state index in [4.69, 9.17) is 14.2 Å². The number of nitro benzene ring substituents is 1. The van der Waals surface area contributed by atoms with Gasteiger partial charge in [0.1, 0.15) is 23.4 Å². The molecule has 0 unspecified atom stereocenters. The van der Waals surface area contributed by atoms with Gasteiger partial charge in [-0.1, -0.05) is 0 Å². The Morgan fingerprint density at radius 1 is 1.32 bits per heavy atom. The normalized spacial score (nSPS) is 14.8. The zero-order valence-electron chi connectivity index (χ0n) is 15.4. The van der Waals surface area contributed by atoms with E-state index in [9.17, 15) is 19.3 Å². The van der Waals surface area contributed by atoms with Crippen molar-refractivity contribution >= 4 is 17.3 Å². The van der Waals surface area contributed by atoms with Gasteiger partial charge in [-0.15, -0.1) is 0 Å². The van der Waals surface area contributed by atoms with Gasteiger partial charge in [0.05, 0.1) is 17.2 Å². The van der Waals surface area contributed by atoms with Crippen molar-refractivity contribution in [1.82, 2.24) is 0 Å². The first-order valence-electron chi connectivity index (χ1n) is 8.70. The highest BCUT2D eigenvalue weighted by Gasteiger charge is 2.23. The van der Waals surface area contributed by atoms with Crippen molar-refractivity contribution < 1.29 is 28.3 Å². The molecule has 1 aliphatic rings. The molecular formula is C19H19FN2O6. The molecule has 0 fully saturated rings. The zero-order chi connectivity index (χ0) is 20.3. The van der Waals surface area contributed by atoms with E-state index in [1.807, 2.05) is 19.9 Å². The van der Waals surface area contributed by atoms with Crippen molar-refractivity contribution in [2.45, 2.75) is 26.4 Å². The Hall–Kier alpha value is -3.36. The fourth-order valence-electron chi connectivity index (χ4n) is 2.90. The summed E-state index contributed by atoms with van der Waals surface area (Å²) in [6.07, 6.45) is 0.781. The van der Waals surface area contributed by atoms with E-state index in [2.05, 4.69) is 5.32 Å². The van der Waals surface area contributed by atoms with Crippen LogP contribution >= 0.6 is 0 Å². The molecule has 1 heterocycles. The number of anilines is 1. The molecule has 0 spiro atoms. The van der Waals surface area contributed by atoms with Gasteiger partial charge in [0.2, 0.25) is 5.75 Å². The SMILES string of the molecule is CCOc1cc2c(cc1NC(=O)COc1cc(F)ccc1[N+](=O)[O-])O[C@@H](C)C2. The molecular weight excluding hydrogens is 371 g/mol. The van der Waals surface area contributed by atoms with Crippen molar-refractivity contribution in [3.05, 3.63) is 51.8 Å². The lowest BCUT2D eigenvalue weighted by Crippen LogP contribution is -2.21. The summed E-state index contributed by atoms with van der Waals surface area (Å²) in [5, 5.41) is 13.6. The van der Waals surface area contributed by atoms with Crippen molar-refractivity contribution in [2.75, 3.05) is 18.5 Å². The summed E-state index contributed by atoms with van der Waals surface area (Å²) >= 11 is 0. The molecule has 2 aromatic carbocycles. The standard InChI is InChI=1S/C19H19FN2O6/c1-3-26-17-7-12-6-11(2)28-16(12)9-14(17)21-19(23)10-27-18-8-13(20)4-5-15(18)22(24)25/h4-5,7-9,11H,3,6,10H2,1-2H3,(H,21,23)/t11-/m0/s1. The maximum absolute atomic E-state index is 13.3. The smallest absolute Gasteiger partial charge is 0.311 e. The number of nitrogens with one attached hydrogen (secondary N) is 1. The van der Waals surface area contributed by atoms with Crippen LogP contribution in [0.4, 0.5) is 15.8 Å². The van der Waals surface area contributed by atoms with Gasteiger partial charge in [-0.25, -0.2) is 4.39 Å². The van der Waals surface area contributed by atoms with Crippen LogP contribution in [0.2, 0.25) is 0 Å². The monoisotopic (exact) mass is 390 g/mol. The topological polar surface area (TPSA) is 99.9 Å². The lowest BCUT2D eigenvalue weighted by molar-refractivity contribution is -0.385. The Balaban J connectivity index is 1.73. The molecule has 3 rings (SSSR count). The van der Waals surface area contributed by atoms with E-state index >= 15 is 0 Å². The van der Waals surface area contributed by atoms with Gasteiger partial charge in [0.25, 0.3) is 5.91 Å². The number of carbonyl (C=O) groups excluding carboxylic acids is 1. The molecule has 9 heteroatoms. The van der Waals surface area contributed by atoms with E-state index < -0.39 is 28.9 Å². The highest BCUT2D eigenvalue weighted by atomic mass is 19.1. The van der Waals surface area contributed by atoms with Crippen LogP contribution in [0.3, 0.4) is 0 Å². The predicted molar refractivity (Wildman–Crippen MR) is 98.6 cm³/mol. The van der Waals surface area contributed by atoms with Gasteiger partial charge < -0.3 is 19.5 Å². The predicted octanol–water partition coefficient (Wildman–Crippen LogP) is 3.47. The lowest BCUT2D eigenvalue weighted by atomic mass is 10.1. The number of nitro groups is 1. The molecule has 28 heavy (non-hydrogen) atoms. The molecule has 148 valence electrons. The molecule has 1 atom stereocenters. The number of rotatable bonds is 7. The maximum atomic E-state index is 13.3. The van der Waals surface area contributed by atoms with Crippen LogP contribution in [0.15, 0.2) is 30.3 Å². The highest BCUT2D eigenvalue weighted by Crippen LogP contribution is 2.38. The Kier molecular flexibility index (Phi) is 5.62. The average molecular weight is 390 g/mol. The quantitative estimate of drug-likeness (QED) is 0.574. The number of carbonyl (C=O) groups is 1. The van der Waals surface area contributed by atoms with Crippen molar-refractivity contribution in [3.63, 3.8) is 0 Å². The van der Waals surface area contributed by atoms with E-state index in [-0.39, 0.29) is 11.9 Å². The first-order valence-corrected chi connectivity index (χ1v) is 8.70. The van der Waals surface area contributed by atoms with Crippen molar-refractivity contribution in [3.8, 4) is 17.2 Å². The largest absolute Gasteiger partial charge is 0.492 e. The Bertz CT molecular complexity index is 918. The Morgan fingerprint density at radius 2 is 2.11 bits per heavy atom. The molecule has 1 amide bonds. The third kappa shape index (κ3) is 4.30. The van der Waals surface area contributed by atoms with E-state index in [1.165, 1.54) is 0 Å². The third-order valence-electron chi connectivity index (χ3n) is 4.05. The maximum Gasteiger partial charge on any atom is 0.311 e. The van der Waals surface area contributed by atoms with Crippen LogP contribution in [0.25, 0.3) is 0 Å². The average Bonchev–Trinajstić information content (AvgIpc) is 2.99. The number of hydrogen-bond acceptors (Lipinski definition) is 6. The fourth-order valence-corrected chi connectivity index (χ4v) is 2.90. The summed E-state index contributed by atoms with van der Waals surface area (Å²) in [5.74, 6) is -0.455. The molecule has 2 aromatic rings. The summed E-state index contributed by atoms with van der Waals surface area (Å²) in [5.41, 5.74) is 0.960. The molecule has 0 radical (unpaired) electrons. The zero-order valence-corrected chi connectivity index (χ0v) is 15.4. The van der Waals surface area contributed by atoms with Gasteiger partial charge in [0.15, 0.2) is 6.61 Å². The van der Waals surface area contributed by atoms with Crippen molar-refractivity contribution in [2.24, 2.45) is 0 Å². The lowest BCUT2D eigenvalue weighted by Gasteiger charge is -2.14. The van der Waals surface area contributed by atoms with Gasteiger partial charge in [0, 0.05) is 30.2 Å². The molecule has 0 aromatic heterocycles. The van der Waals surface area contributed by atoms with Crippen LogP contribution < -0.4 is 19.5 Å². The minimum absolute atomic E-state index is 0.0345. The van der Waals surface area contributed by atoms with E-state index in [1.54, 1.807) is 6.07 Å². The fraction of sp³-hybridized carbons (Fsp3) is 0.316. The highest BCUT2D eigenvalue weighted by molar-refractivity contribution is 5.93. The van der Waals surface area contributed by atoms with Crippen LogP contribution in [0, 0.1) is 15.9 Å². The van der Waals surface area contributed by atoms with Crippen molar-refractivity contribution in [1.29, 1.82) is 0 Å². The van der Waals surface area contributed by atoms with Gasteiger partial charge in [-0.2, -0.15) is 0 Å². The van der Waals surface area contributed by atoms with Gasteiger partial charge in [-0.3, -0.25) is 14.9 Å². The number of hydrogen-bond donors (Lipinski definition) is 1. The summed E-state index contributed by atoms with van der Waals surface area (Å²) in [6.45, 7) is 3.64. The molecule has 8 nitrogen and oxygen atoms in total. The third-order valence-corrected chi connectivity index (χ3v) is 4.05. The number of amides is 1. The summed E-state index contributed by atoms with van der Waals surface area (Å²) in [6, 6.07) is 6.28. The minimum Gasteiger partial charge on any atom is -0.492 e. The number of ether oxygens (including phenoxy) is 3. The molecule has 0 saturated heterocycles. The number of fused-ring (bicyclic) bond motifs is 1. The first kappa shape index (κ1) is 19.4.